The molecule has 1 aliphatic heterocycles. The number of hydrogen-bond acceptors (Lipinski definition) is 2. The van der Waals surface area contributed by atoms with Gasteiger partial charge in [0.25, 0.3) is 0 Å². The third-order valence-electron chi connectivity index (χ3n) is 3.29. The van der Waals surface area contributed by atoms with Crippen molar-refractivity contribution in [2.45, 2.75) is 58.0 Å². The van der Waals surface area contributed by atoms with Crippen molar-refractivity contribution in [2.24, 2.45) is 7.05 Å². The quantitative estimate of drug-likeness (QED) is 0.768. The van der Waals surface area contributed by atoms with Crippen LogP contribution in [0.2, 0.25) is 0 Å². The van der Waals surface area contributed by atoms with E-state index in [9.17, 15) is 4.79 Å². The van der Waals surface area contributed by atoms with Crippen LogP contribution in [-0.4, -0.2) is 15.6 Å². The van der Waals surface area contributed by atoms with Crippen LogP contribution in [0.3, 0.4) is 0 Å². The molecule has 102 valence electrons. The van der Waals surface area contributed by atoms with Crippen molar-refractivity contribution in [3.05, 3.63) is 34.7 Å². The molecule has 1 N–H and O–H groups in total. The van der Waals surface area contributed by atoms with E-state index in [-0.39, 0.29) is 5.56 Å². The highest BCUT2D eigenvalue weighted by atomic mass is 16.1. The molecule has 1 fully saturated rings. The minimum atomic E-state index is 0.0347. The van der Waals surface area contributed by atoms with Gasteiger partial charge in [0.05, 0.1) is 0 Å². The van der Waals surface area contributed by atoms with Gasteiger partial charge in [-0.15, -0.1) is 0 Å². The molecular formula is C15H26N2O. The highest BCUT2D eigenvalue weighted by molar-refractivity contribution is 4.93. The van der Waals surface area contributed by atoms with Gasteiger partial charge in [0.15, 0.2) is 0 Å². The van der Waals surface area contributed by atoms with Crippen LogP contribution in [0.15, 0.2) is 29.2 Å². The highest BCUT2D eigenvalue weighted by Gasteiger charge is 2.31. The van der Waals surface area contributed by atoms with Crippen molar-refractivity contribution in [1.82, 2.24) is 9.88 Å². The molecule has 18 heavy (non-hydrogen) atoms. The molecule has 1 aliphatic rings. The van der Waals surface area contributed by atoms with Crippen molar-refractivity contribution in [2.75, 3.05) is 0 Å². The van der Waals surface area contributed by atoms with Crippen LogP contribution in [0.25, 0.3) is 0 Å². The maximum atomic E-state index is 10.6. The van der Waals surface area contributed by atoms with Crippen molar-refractivity contribution in [3.63, 3.8) is 0 Å². The Morgan fingerprint density at radius 1 is 1.11 bits per heavy atom. The number of nitrogens with zero attached hydrogens (tertiary/aromatic N) is 1. The van der Waals surface area contributed by atoms with Crippen LogP contribution in [0.1, 0.15) is 47.0 Å². The second-order valence-electron chi connectivity index (χ2n) is 6.40. The minimum absolute atomic E-state index is 0.0347. The summed E-state index contributed by atoms with van der Waals surface area (Å²) in [5, 5.41) is 3.63. The fraction of sp³-hybridized carbons (Fsp3) is 0.667. The summed E-state index contributed by atoms with van der Waals surface area (Å²) in [6, 6.07) is 5.07. The van der Waals surface area contributed by atoms with E-state index in [1.807, 2.05) is 6.07 Å². The maximum absolute atomic E-state index is 10.6. The first-order valence-electron chi connectivity index (χ1n) is 6.63. The molecule has 0 aromatic carbocycles. The smallest absolute Gasteiger partial charge is 0.250 e. The van der Waals surface area contributed by atoms with Crippen molar-refractivity contribution in [1.29, 1.82) is 0 Å². The average Bonchev–Trinajstić information content (AvgIpc) is 2.20. The summed E-state index contributed by atoms with van der Waals surface area (Å²) >= 11 is 0. The number of rotatable bonds is 0. The molecule has 0 saturated carbocycles. The lowest BCUT2D eigenvalue weighted by molar-refractivity contribution is 0.183. The Hall–Kier alpha value is -1.09. The summed E-state index contributed by atoms with van der Waals surface area (Å²) in [5.74, 6) is 0. The summed E-state index contributed by atoms with van der Waals surface area (Å²) in [6.07, 6.45) is 5.72. The molecule has 0 radical (unpaired) electrons. The summed E-state index contributed by atoms with van der Waals surface area (Å²) in [6.45, 7) is 9.14. The highest BCUT2D eigenvalue weighted by Crippen LogP contribution is 2.27. The first-order valence-corrected chi connectivity index (χ1v) is 6.63. The SMILES string of the molecule is CC1(C)CCCC(C)(C)N1.Cn1ccccc1=O. The van der Waals surface area contributed by atoms with Gasteiger partial charge in [-0.1, -0.05) is 6.07 Å². The Morgan fingerprint density at radius 3 is 1.94 bits per heavy atom. The Balaban J connectivity index is 0.000000184. The lowest BCUT2D eigenvalue weighted by atomic mass is 9.83. The normalized spacial score (nSPS) is 20.7. The first-order chi connectivity index (χ1) is 8.22. The fourth-order valence-corrected chi connectivity index (χ4v) is 2.52. The number of piperidine rings is 1. The molecule has 3 heteroatoms. The monoisotopic (exact) mass is 250 g/mol. The molecule has 1 saturated heterocycles. The predicted octanol–water partition coefficient (Wildman–Crippen LogP) is 2.70. The van der Waals surface area contributed by atoms with Crippen LogP contribution in [0.5, 0.6) is 0 Å². The lowest BCUT2D eigenvalue weighted by Crippen LogP contribution is -2.55. The second kappa shape index (κ2) is 5.70. The van der Waals surface area contributed by atoms with Gasteiger partial charge in [-0.3, -0.25) is 4.79 Å². The molecule has 0 aliphatic carbocycles. The fourth-order valence-electron chi connectivity index (χ4n) is 2.52. The Kier molecular flexibility index (Phi) is 4.74. The molecule has 0 bridgehead atoms. The second-order valence-corrected chi connectivity index (χ2v) is 6.40. The molecule has 2 rings (SSSR count). The van der Waals surface area contributed by atoms with E-state index in [1.54, 1.807) is 19.3 Å². The van der Waals surface area contributed by atoms with Gasteiger partial charge in [0.2, 0.25) is 5.56 Å². The Bertz CT molecular complexity index is 418. The lowest BCUT2D eigenvalue weighted by Gasteiger charge is -2.42. The molecule has 0 atom stereocenters. The molecule has 0 spiro atoms. The molecule has 1 aromatic rings. The van der Waals surface area contributed by atoms with Gasteiger partial charge in [0.1, 0.15) is 0 Å². The zero-order chi connectivity index (χ0) is 13.8. The van der Waals surface area contributed by atoms with E-state index in [0.29, 0.717) is 11.1 Å². The van der Waals surface area contributed by atoms with Crippen molar-refractivity contribution >= 4 is 0 Å². The maximum Gasteiger partial charge on any atom is 0.250 e. The number of aromatic nitrogens is 1. The topological polar surface area (TPSA) is 34.0 Å². The molecule has 2 heterocycles. The van der Waals surface area contributed by atoms with Gasteiger partial charge in [0, 0.05) is 30.4 Å². The minimum Gasteiger partial charge on any atom is -0.319 e. The summed E-state index contributed by atoms with van der Waals surface area (Å²) in [5.41, 5.74) is 0.760. The molecular weight excluding hydrogens is 224 g/mol. The van der Waals surface area contributed by atoms with E-state index in [0.717, 1.165) is 0 Å². The van der Waals surface area contributed by atoms with E-state index in [1.165, 1.54) is 29.9 Å². The largest absolute Gasteiger partial charge is 0.319 e. The summed E-state index contributed by atoms with van der Waals surface area (Å²) in [4.78, 5) is 10.6. The van der Waals surface area contributed by atoms with Crippen LogP contribution in [0, 0.1) is 0 Å². The standard InChI is InChI=1S/C9H19N.C6H7NO/c1-8(2)6-5-7-9(3,4)10-8;1-7-5-3-2-4-6(7)8/h10H,5-7H2,1-4H3;2-5H,1H3. The van der Waals surface area contributed by atoms with Crippen molar-refractivity contribution in [3.8, 4) is 0 Å². The predicted molar refractivity (Wildman–Crippen MR) is 76.8 cm³/mol. The Labute approximate surface area is 110 Å². The average molecular weight is 250 g/mol. The van der Waals surface area contributed by atoms with Gasteiger partial charge in [-0.05, 0) is 53.0 Å². The number of pyridine rings is 1. The summed E-state index contributed by atoms with van der Waals surface area (Å²) in [7, 11) is 1.72. The summed E-state index contributed by atoms with van der Waals surface area (Å²) < 4.78 is 1.53. The van der Waals surface area contributed by atoms with Gasteiger partial charge in [-0.25, -0.2) is 0 Å². The molecule has 0 amide bonds. The van der Waals surface area contributed by atoms with E-state index in [2.05, 4.69) is 33.0 Å². The third kappa shape index (κ3) is 5.05. The van der Waals surface area contributed by atoms with Gasteiger partial charge < -0.3 is 9.88 Å². The number of aryl methyl sites for hydroxylation is 1. The van der Waals surface area contributed by atoms with Crippen molar-refractivity contribution < 1.29 is 0 Å². The Morgan fingerprint density at radius 2 is 1.67 bits per heavy atom. The van der Waals surface area contributed by atoms with Gasteiger partial charge in [-0.2, -0.15) is 0 Å². The van der Waals surface area contributed by atoms with Crippen LogP contribution in [-0.2, 0) is 7.05 Å². The van der Waals surface area contributed by atoms with Crippen LogP contribution >= 0.6 is 0 Å². The van der Waals surface area contributed by atoms with Crippen LogP contribution < -0.4 is 10.9 Å². The van der Waals surface area contributed by atoms with Crippen LogP contribution in [0.4, 0.5) is 0 Å². The molecule has 3 nitrogen and oxygen atoms in total. The number of nitrogens with one attached hydrogen (secondary N) is 1. The van der Waals surface area contributed by atoms with E-state index >= 15 is 0 Å². The zero-order valence-corrected chi connectivity index (χ0v) is 12.3. The first kappa shape index (κ1) is 15.0. The third-order valence-corrected chi connectivity index (χ3v) is 3.29. The zero-order valence-electron chi connectivity index (χ0n) is 12.3. The van der Waals surface area contributed by atoms with E-state index in [4.69, 9.17) is 0 Å². The molecule has 1 aromatic heterocycles. The number of hydrogen-bond donors (Lipinski definition) is 1. The van der Waals surface area contributed by atoms with E-state index < -0.39 is 0 Å². The molecule has 0 unspecified atom stereocenters. The van der Waals surface area contributed by atoms with Gasteiger partial charge >= 0.3 is 0 Å².